The largest absolute Gasteiger partial charge is 0.355 e. The van der Waals surface area contributed by atoms with Crippen molar-refractivity contribution in [1.29, 1.82) is 0 Å². The molecule has 7 nitrogen and oxygen atoms in total. The smallest absolute Gasteiger partial charge is 0.234 e. The summed E-state index contributed by atoms with van der Waals surface area (Å²) in [6, 6.07) is 9.59. The van der Waals surface area contributed by atoms with Crippen LogP contribution in [0.3, 0.4) is 0 Å². The molecule has 1 amide bonds. The van der Waals surface area contributed by atoms with E-state index in [1.807, 2.05) is 49.2 Å². The summed E-state index contributed by atoms with van der Waals surface area (Å²) in [6.07, 6.45) is 0.923. The number of para-hydroxylation sites is 1. The number of nitrogens with one attached hydrogen (secondary N) is 1. The summed E-state index contributed by atoms with van der Waals surface area (Å²) in [5, 5.41) is 11.0. The molecule has 0 saturated carbocycles. The molecule has 1 N–H and O–H groups in total. The number of hydrogen-bond acceptors (Lipinski definition) is 5. The Balaban J connectivity index is 2.01. The second-order valence-electron chi connectivity index (χ2n) is 5.01. The van der Waals surface area contributed by atoms with E-state index in [0.717, 1.165) is 12.1 Å². The average molecular weight is 320 g/mol. The highest BCUT2D eigenvalue weighted by atomic mass is 32.1. The van der Waals surface area contributed by atoms with Crippen LogP contribution in [-0.2, 0) is 11.5 Å². The van der Waals surface area contributed by atoms with Gasteiger partial charge < -0.3 is 5.32 Å². The van der Waals surface area contributed by atoms with Crippen LogP contribution in [0.25, 0.3) is 5.69 Å². The maximum Gasteiger partial charge on any atom is 0.234 e. The number of likely N-dealkylation sites (N-methyl/N-ethyl adjacent to an activating group) is 1. The Morgan fingerprint density at radius 1 is 1.32 bits per heavy atom. The number of amides is 1. The predicted molar refractivity (Wildman–Crippen MR) is 86.1 cm³/mol. The lowest BCUT2D eigenvalue weighted by Gasteiger charge is -2.15. The van der Waals surface area contributed by atoms with E-state index >= 15 is 0 Å². The van der Waals surface area contributed by atoms with Crippen LogP contribution in [0, 0.1) is 4.77 Å². The van der Waals surface area contributed by atoms with Gasteiger partial charge in [0.2, 0.25) is 10.7 Å². The minimum Gasteiger partial charge on any atom is -0.355 e. The van der Waals surface area contributed by atoms with E-state index in [2.05, 4.69) is 15.7 Å². The third-order valence-corrected chi connectivity index (χ3v) is 3.38. The van der Waals surface area contributed by atoms with Gasteiger partial charge in [-0.15, -0.1) is 0 Å². The number of carbonyl (C=O) groups is 1. The molecule has 1 aromatic heterocycles. The zero-order valence-electron chi connectivity index (χ0n) is 12.8. The topological polar surface area (TPSA) is 68.0 Å². The lowest BCUT2D eigenvalue weighted by Crippen LogP contribution is -2.36. The van der Waals surface area contributed by atoms with Gasteiger partial charge in [0.1, 0.15) is 0 Å². The van der Waals surface area contributed by atoms with Crippen molar-refractivity contribution in [3.8, 4) is 5.69 Å². The fraction of sp³-hybridized carbons (Fsp3) is 0.429. The van der Waals surface area contributed by atoms with E-state index < -0.39 is 0 Å². The van der Waals surface area contributed by atoms with Gasteiger partial charge in [-0.2, -0.15) is 4.68 Å². The van der Waals surface area contributed by atoms with E-state index in [0.29, 0.717) is 24.5 Å². The number of hydrogen-bond donors (Lipinski definition) is 1. The first kappa shape index (κ1) is 16.3. The van der Waals surface area contributed by atoms with Gasteiger partial charge in [-0.05, 0) is 48.2 Å². The van der Waals surface area contributed by atoms with Crippen molar-refractivity contribution in [1.82, 2.24) is 30.0 Å². The van der Waals surface area contributed by atoms with Crippen LogP contribution in [0.2, 0.25) is 0 Å². The summed E-state index contributed by atoms with van der Waals surface area (Å²) in [5.41, 5.74) is 0.863. The Morgan fingerprint density at radius 3 is 2.73 bits per heavy atom. The molecule has 118 valence electrons. The lowest BCUT2D eigenvalue weighted by atomic mass is 10.3. The van der Waals surface area contributed by atoms with Crippen molar-refractivity contribution in [2.75, 3.05) is 20.1 Å². The van der Waals surface area contributed by atoms with Crippen LogP contribution in [0.1, 0.15) is 13.3 Å². The van der Waals surface area contributed by atoms with Crippen molar-refractivity contribution in [3.05, 3.63) is 35.1 Å². The molecular formula is C14H20N6OS. The molecule has 0 aliphatic rings. The molecule has 0 fully saturated rings. The van der Waals surface area contributed by atoms with E-state index in [9.17, 15) is 4.79 Å². The number of aromatic nitrogens is 4. The molecular weight excluding hydrogens is 300 g/mol. The Labute approximate surface area is 134 Å². The Kier molecular flexibility index (Phi) is 5.79. The highest BCUT2D eigenvalue weighted by molar-refractivity contribution is 7.71. The van der Waals surface area contributed by atoms with Crippen LogP contribution in [-0.4, -0.2) is 50.7 Å². The third-order valence-electron chi connectivity index (χ3n) is 3.00. The monoisotopic (exact) mass is 320 g/mol. The van der Waals surface area contributed by atoms with Crippen LogP contribution in [0.5, 0.6) is 0 Å². The highest BCUT2D eigenvalue weighted by Crippen LogP contribution is 2.05. The average Bonchev–Trinajstić information content (AvgIpc) is 2.87. The number of nitrogens with zero attached hydrogens (tertiary/aromatic N) is 5. The van der Waals surface area contributed by atoms with Crippen molar-refractivity contribution < 1.29 is 4.79 Å². The van der Waals surface area contributed by atoms with Gasteiger partial charge in [0.15, 0.2) is 0 Å². The minimum atomic E-state index is -0.00804. The number of tetrazole rings is 1. The SMILES string of the molecule is CCCNC(=O)CN(C)Cn1nnn(-c2ccccc2)c1=S. The molecule has 8 heteroatoms. The maximum atomic E-state index is 11.7. The summed E-state index contributed by atoms with van der Waals surface area (Å²) in [5.74, 6) is -0.00804. The van der Waals surface area contributed by atoms with E-state index in [1.54, 1.807) is 9.36 Å². The molecule has 1 heterocycles. The molecule has 0 bridgehead atoms. The first-order valence-electron chi connectivity index (χ1n) is 7.15. The second kappa shape index (κ2) is 7.81. The summed E-state index contributed by atoms with van der Waals surface area (Å²) in [6.45, 7) is 3.41. The Morgan fingerprint density at radius 2 is 2.05 bits per heavy atom. The lowest BCUT2D eigenvalue weighted by molar-refractivity contribution is -0.122. The fourth-order valence-corrected chi connectivity index (χ4v) is 2.17. The molecule has 0 aliphatic carbocycles. The van der Waals surface area contributed by atoms with Gasteiger partial charge >= 0.3 is 0 Å². The molecule has 0 aliphatic heterocycles. The molecule has 2 aromatic rings. The standard InChI is InChI=1S/C14H20N6OS/c1-3-9-15-13(21)10-18(2)11-19-14(22)20(17-16-19)12-7-5-4-6-8-12/h4-8H,3,9-11H2,1-2H3,(H,15,21). The summed E-state index contributed by atoms with van der Waals surface area (Å²) < 4.78 is 3.68. The zero-order chi connectivity index (χ0) is 15.9. The molecule has 0 saturated heterocycles. The quantitative estimate of drug-likeness (QED) is 0.777. The van der Waals surface area contributed by atoms with Gasteiger partial charge in [0, 0.05) is 6.54 Å². The van der Waals surface area contributed by atoms with Crippen LogP contribution >= 0.6 is 12.2 Å². The van der Waals surface area contributed by atoms with E-state index in [4.69, 9.17) is 12.2 Å². The molecule has 0 unspecified atom stereocenters. The Bertz CT molecular complexity index is 665. The number of carbonyl (C=O) groups excluding carboxylic acids is 1. The molecule has 2 rings (SSSR count). The van der Waals surface area contributed by atoms with Gasteiger partial charge in [-0.25, -0.2) is 4.68 Å². The normalized spacial score (nSPS) is 10.9. The molecule has 22 heavy (non-hydrogen) atoms. The van der Waals surface area contributed by atoms with E-state index in [1.165, 1.54) is 0 Å². The highest BCUT2D eigenvalue weighted by Gasteiger charge is 2.10. The van der Waals surface area contributed by atoms with Crippen LogP contribution in [0.4, 0.5) is 0 Å². The van der Waals surface area contributed by atoms with Crippen molar-refractivity contribution in [2.45, 2.75) is 20.0 Å². The predicted octanol–water partition coefficient (Wildman–Crippen LogP) is 1.21. The molecule has 0 atom stereocenters. The summed E-state index contributed by atoms with van der Waals surface area (Å²) >= 11 is 5.38. The van der Waals surface area contributed by atoms with Gasteiger partial charge in [0.25, 0.3) is 0 Å². The number of rotatable bonds is 7. The van der Waals surface area contributed by atoms with Crippen molar-refractivity contribution in [3.63, 3.8) is 0 Å². The summed E-state index contributed by atoms with van der Waals surface area (Å²) in [4.78, 5) is 13.5. The first-order chi connectivity index (χ1) is 10.6. The summed E-state index contributed by atoms with van der Waals surface area (Å²) in [7, 11) is 1.84. The number of benzene rings is 1. The Hall–Kier alpha value is -2.06. The van der Waals surface area contributed by atoms with Crippen LogP contribution in [0.15, 0.2) is 30.3 Å². The van der Waals surface area contributed by atoms with Crippen molar-refractivity contribution >= 4 is 18.1 Å². The van der Waals surface area contributed by atoms with Crippen LogP contribution < -0.4 is 5.32 Å². The second-order valence-corrected chi connectivity index (χ2v) is 5.38. The van der Waals surface area contributed by atoms with Gasteiger partial charge in [-0.1, -0.05) is 25.1 Å². The van der Waals surface area contributed by atoms with Gasteiger partial charge in [-0.3, -0.25) is 9.69 Å². The maximum absolute atomic E-state index is 11.7. The first-order valence-corrected chi connectivity index (χ1v) is 7.56. The molecule has 0 spiro atoms. The fourth-order valence-electron chi connectivity index (χ4n) is 1.94. The zero-order valence-corrected chi connectivity index (χ0v) is 13.6. The molecule has 1 aromatic carbocycles. The molecule has 0 radical (unpaired) electrons. The van der Waals surface area contributed by atoms with E-state index in [-0.39, 0.29) is 5.91 Å². The van der Waals surface area contributed by atoms with Crippen molar-refractivity contribution in [2.24, 2.45) is 0 Å². The third kappa shape index (κ3) is 4.22. The van der Waals surface area contributed by atoms with Gasteiger partial charge in [0.05, 0.1) is 18.9 Å². The minimum absolute atomic E-state index is 0.00804.